The van der Waals surface area contributed by atoms with Crippen LogP contribution in [-0.2, 0) is 9.53 Å². The maximum Gasteiger partial charge on any atom is 0.264 e. The summed E-state index contributed by atoms with van der Waals surface area (Å²) in [5, 5.41) is 12.6. The van der Waals surface area contributed by atoms with Crippen LogP contribution in [0.25, 0.3) is 10.9 Å². The zero-order valence-electron chi connectivity index (χ0n) is 15.4. The van der Waals surface area contributed by atoms with Crippen LogP contribution in [0.5, 0.6) is 0 Å². The van der Waals surface area contributed by atoms with E-state index in [4.69, 9.17) is 4.74 Å². The average molecular weight is 425 g/mol. The molecule has 148 valence electrons. The van der Waals surface area contributed by atoms with Crippen molar-refractivity contribution in [3.05, 3.63) is 60.5 Å². The molecular weight excluding hydrogens is 404 g/mol. The van der Waals surface area contributed by atoms with Crippen molar-refractivity contribution in [2.75, 3.05) is 11.9 Å². The molecule has 8 heteroatoms. The van der Waals surface area contributed by atoms with Gasteiger partial charge in [-0.15, -0.1) is 10.2 Å². The molecule has 1 saturated carbocycles. The second-order valence-electron chi connectivity index (χ2n) is 6.97. The first-order chi connectivity index (χ1) is 14.2. The Morgan fingerprint density at radius 1 is 1.28 bits per heavy atom. The molecule has 2 atom stereocenters. The monoisotopic (exact) mass is 424 g/mol. The number of amides is 1. The number of para-hydroxylation sites is 1. The lowest BCUT2D eigenvalue weighted by Crippen LogP contribution is -2.18. The summed E-state index contributed by atoms with van der Waals surface area (Å²) >= 11 is 2.86. The Morgan fingerprint density at radius 3 is 3.17 bits per heavy atom. The summed E-state index contributed by atoms with van der Waals surface area (Å²) in [7, 11) is 0. The number of hydrogen-bond acceptors (Lipinski definition) is 7. The van der Waals surface area contributed by atoms with Crippen molar-refractivity contribution in [1.29, 1.82) is 0 Å². The number of allylic oxidation sites excluding steroid dienone is 3. The van der Waals surface area contributed by atoms with Crippen molar-refractivity contribution < 1.29 is 11.0 Å². The summed E-state index contributed by atoms with van der Waals surface area (Å²) in [6.45, 7) is -0.0197. The Bertz CT molecular complexity index is 1130. The Balaban J connectivity index is 0.00000218. The molecule has 5 rings (SSSR count). The van der Waals surface area contributed by atoms with Crippen molar-refractivity contribution in [3.8, 4) is 0 Å². The largest absolute Gasteiger partial charge is 0.488 e. The van der Waals surface area contributed by atoms with E-state index in [2.05, 4.69) is 38.7 Å². The van der Waals surface area contributed by atoms with E-state index in [1.54, 1.807) is 6.20 Å². The quantitative estimate of drug-likeness (QED) is 0.447. The summed E-state index contributed by atoms with van der Waals surface area (Å²) in [5.41, 5.74) is 0.938. The van der Waals surface area contributed by atoms with Gasteiger partial charge in [0.25, 0.3) is 5.91 Å². The fourth-order valence-electron chi connectivity index (χ4n) is 3.29. The first-order valence-electron chi connectivity index (χ1n) is 9.40. The minimum atomic E-state index is -0.228. The highest BCUT2D eigenvalue weighted by Gasteiger charge is 2.34. The van der Waals surface area contributed by atoms with Crippen LogP contribution < -0.4 is 5.32 Å². The topological polar surface area (TPSA) is 77.0 Å². The highest BCUT2D eigenvalue weighted by Crippen LogP contribution is 2.43. The Hall–Kier alpha value is -2.71. The molecule has 29 heavy (non-hydrogen) atoms. The fraction of sp³-hybridized carbons (Fsp3) is 0.238. The van der Waals surface area contributed by atoms with Gasteiger partial charge >= 0.3 is 0 Å². The average Bonchev–Trinajstić information content (AvgIpc) is 3.37. The predicted octanol–water partition coefficient (Wildman–Crippen LogP) is 4.92. The summed E-state index contributed by atoms with van der Waals surface area (Å²) in [5.74, 6) is 1.89. The first-order valence-corrected chi connectivity index (χ1v) is 11.0. The molecule has 2 heterocycles. The van der Waals surface area contributed by atoms with Crippen LogP contribution in [0.3, 0.4) is 0 Å². The van der Waals surface area contributed by atoms with Gasteiger partial charge in [-0.3, -0.25) is 15.1 Å². The van der Waals surface area contributed by atoms with Gasteiger partial charge in [-0.05, 0) is 36.5 Å². The number of anilines is 1. The molecule has 1 aromatic carbocycles. The molecule has 1 amide bonds. The molecule has 6 nitrogen and oxygen atoms in total. The number of ether oxygens (including phenoxy) is 1. The molecule has 1 N–H and O–H groups in total. The standard InChI is InChI=1S/C21H18N4O2S2.H2/c26-19(12-27-15-5-3-4-13-10-14(13)11-15)23-20-24-25-21(29-20)28-18-8-9-22-17-7-2-1-6-16(17)18;/h1-4,6-9,11,13-14H,5,10,12H2,(H,23,24,26);1H. The second kappa shape index (κ2) is 7.96. The van der Waals surface area contributed by atoms with Crippen molar-refractivity contribution in [2.45, 2.75) is 22.1 Å². The summed E-state index contributed by atoms with van der Waals surface area (Å²) in [4.78, 5) is 17.6. The highest BCUT2D eigenvalue weighted by atomic mass is 32.2. The van der Waals surface area contributed by atoms with E-state index in [0.717, 1.165) is 32.3 Å². The van der Waals surface area contributed by atoms with Gasteiger partial charge in [-0.25, -0.2) is 0 Å². The number of fused-ring (bicyclic) bond motifs is 2. The smallest absolute Gasteiger partial charge is 0.264 e. The molecule has 0 spiro atoms. The molecule has 0 saturated heterocycles. The molecule has 2 unspecified atom stereocenters. The van der Waals surface area contributed by atoms with E-state index < -0.39 is 0 Å². The zero-order chi connectivity index (χ0) is 19.6. The van der Waals surface area contributed by atoms with Crippen LogP contribution in [0.2, 0.25) is 0 Å². The number of carbonyl (C=O) groups excluding carboxylic acids is 1. The van der Waals surface area contributed by atoms with Gasteiger partial charge in [0.05, 0.1) is 11.3 Å². The summed E-state index contributed by atoms with van der Waals surface area (Å²) in [6, 6.07) is 9.93. The minimum Gasteiger partial charge on any atom is -0.488 e. The maximum absolute atomic E-state index is 12.2. The molecule has 3 aromatic rings. The van der Waals surface area contributed by atoms with Crippen molar-refractivity contribution >= 4 is 45.0 Å². The van der Waals surface area contributed by atoms with Crippen LogP contribution in [0.1, 0.15) is 14.3 Å². The van der Waals surface area contributed by atoms with E-state index in [-0.39, 0.29) is 13.9 Å². The number of benzene rings is 1. The SMILES string of the molecule is O=C(COC1=CC2CC2C=CC1)Nc1nnc(Sc2ccnc3ccccc23)s1.[HH]. The molecule has 0 bridgehead atoms. The molecule has 2 aliphatic rings. The van der Waals surface area contributed by atoms with E-state index in [9.17, 15) is 4.79 Å². The normalized spacial score (nSPS) is 19.9. The summed E-state index contributed by atoms with van der Waals surface area (Å²) in [6.07, 6.45) is 10.2. The van der Waals surface area contributed by atoms with Crippen LogP contribution in [0.15, 0.2) is 69.8 Å². The van der Waals surface area contributed by atoms with Crippen LogP contribution >= 0.6 is 23.1 Å². The van der Waals surface area contributed by atoms with E-state index >= 15 is 0 Å². The number of carbonyl (C=O) groups is 1. The predicted molar refractivity (Wildman–Crippen MR) is 116 cm³/mol. The van der Waals surface area contributed by atoms with Gasteiger partial charge in [-0.2, -0.15) is 0 Å². The molecule has 2 aromatic heterocycles. The van der Waals surface area contributed by atoms with Crippen molar-refractivity contribution in [3.63, 3.8) is 0 Å². The van der Waals surface area contributed by atoms with Gasteiger partial charge in [-0.1, -0.05) is 53.4 Å². The van der Waals surface area contributed by atoms with Crippen molar-refractivity contribution in [2.24, 2.45) is 11.8 Å². The first kappa shape index (κ1) is 18.3. The van der Waals surface area contributed by atoms with E-state index in [1.165, 1.54) is 29.5 Å². The Morgan fingerprint density at radius 2 is 2.21 bits per heavy atom. The highest BCUT2D eigenvalue weighted by molar-refractivity contribution is 8.01. The lowest BCUT2D eigenvalue weighted by atomic mass is 10.2. The molecule has 1 fully saturated rings. The number of hydrogen-bond donors (Lipinski definition) is 1. The fourth-order valence-corrected chi connectivity index (χ4v) is 5.14. The second-order valence-corrected chi connectivity index (χ2v) is 9.23. The Labute approximate surface area is 177 Å². The van der Waals surface area contributed by atoms with Crippen LogP contribution in [-0.4, -0.2) is 27.7 Å². The van der Waals surface area contributed by atoms with Crippen LogP contribution in [0, 0.1) is 11.8 Å². The molecule has 0 radical (unpaired) electrons. The lowest BCUT2D eigenvalue weighted by Gasteiger charge is -2.07. The molecular formula is C21H20N4O2S2. The zero-order valence-corrected chi connectivity index (χ0v) is 17.1. The van der Waals surface area contributed by atoms with Gasteiger partial charge in [0.15, 0.2) is 10.9 Å². The van der Waals surface area contributed by atoms with E-state index in [1.807, 2.05) is 30.3 Å². The third kappa shape index (κ3) is 4.33. The maximum atomic E-state index is 12.2. The molecule has 2 aliphatic carbocycles. The minimum absolute atomic E-state index is 0. The van der Waals surface area contributed by atoms with Gasteiger partial charge in [0.1, 0.15) is 0 Å². The Kier molecular flexibility index (Phi) is 5.03. The lowest BCUT2D eigenvalue weighted by molar-refractivity contribution is -0.119. The number of pyridine rings is 1. The van der Waals surface area contributed by atoms with Gasteiger partial charge in [0, 0.05) is 24.3 Å². The number of nitrogens with zero attached hydrogens (tertiary/aromatic N) is 3. The number of rotatable bonds is 6. The number of aromatic nitrogens is 3. The van der Waals surface area contributed by atoms with E-state index in [0.29, 0.717) is 17.0 Å². The third-order valence-electron chi connectivity index (χ3n) is 4.84. The van der Waals surface area contributed by atoms with Crippen molar-refractivity contribution in [1.82, 2.24) is 15.2 Å². The van der Waals surface area contributed by atoms with Gasteiger partial charge < -0.3 is 4.74 Å². The molecule has 0 aliphatic heterocycles. The third-order valence-corrected chi connectivity index (χ3v) is 6.81. The van der Waals surface area contributed by atoms with Crippen LogP contribution in [0.4, 0.5) is 5.13 Å². The van der Waals surface area contributed by atoms with Gasteiger partial charge in [0.2, 0.25) is 5.13 Å². The summed E-state index contributed by atoms with van der Waals surface area (Å²) < 4.78 is 6.45. The number of nitrogens with one attached hydrogen (secondary N) is 1.